The summed E-state index contributed by atoms with van der Waals surface area (Å²) in [4.78, 5) is -0.178. The number of benzene rings is 1. The van der Waals surface area contributed by atoms with Crippen LogP contribution < -0.4 is 0 Å². The van der Waals surface area contributed by atoms with E-state index in [9.17, 15) is 13.0 Å². The molecule has 194 valence electrons. The number of hydrogen-bond donors (Lipinski definition) is 0. The Morgan fingerprint density at radius 1 is 0.727 bits per heavy atom. The van der Waals surface area contributed by atoms with Crippen molar-refractivity contribution in [3.05, 3.63) is 29.8 Å². The van der Waals surface area contributed by atoms with Crippen molar-refractivity contribution >= 4 is 21.7 Å². The summed E-state index contributed by atoms with van der Waals surface area (Å²) in [5.74, 6) is 0. The lowest BCUT2D eigenvalue weighted by atomic mass is 10.1. The second-order valence-corrected chi connectivity index (χ2v) is 11.3. The Bertz CT molecular complexity index is 659. The zero-order chi connectivity index (χ0) is 25.0. The molecule has 0 aliphatic rings. The monoisotopic (exact) mass is 503 g/mol. The normalized spacial score (nSPS) is 11.8. The van der Waals surface area contributed by atoms with Crippen LogP contribution in [0.1, 0.15) is 109 Å². The summed E-state index contributed by atoms with van der Waals surface area (Å²) in [6, 6.07) is 6.57. The molecule has 0 spiro atoms. The van der Waals surface area contributed by atoms with Gasteiger partial charge in [-0.1, -0.05) is 107 Å². The van der Waals surface area contributed by atoms with Crippen molar-refractivity contribution in [3.8, 4) is 0 Å². The van der Waals surface area contributed by atoms with E-state index in [0.717, 1.165) is 16.1 Å². The molecule has 0 atom stereocenters. The van der Waals surface area contributed by atoms with Crippen molar-refractivity contribution in [3.63, 3.8) is 0 Å². The first kappa shape index (κ1) is 32.4. The lowest BCUT2D eigenvalue weighted by molar-refractivity contribution is -0.899. The molecule has 0 heterocycles. The highest BCUT2D eigenvalue weighted by atomic mass is 35.5. The van der Waals surface area contributed by atoms with Crippen LogP contribution in [0.5, 0.6) is 0 Å². The minimum absolute atomic E-state index is 0.178. The number of halogens is 1. The molecule has 0 N–H and O–H groups in total. The summed E-state index contributed by atoms with van der Waals surface area (Å²) in [6.07, 6.45) is 19.5. The number of quaternary nitrogens is 1. The average molecular weight is 504 g/mol. The summed E-state index contributed by atoms with van der Waals surface area (Å²) < 4.78 is 32.2. The van der Waals surface area contributed by atoms with Crippen LogP contribution in [0.3, 0.4) is 0 Å². The molecule has 0 aliphatic carbocycles. The summed E-state index contributed by atoms with van der Waals surface area (Å²) in [7, 11) is -1.92. The molecule has 0 unspecified atom stereocenters. The van der Waals surface area contributed by atoms with Gasteiger partial charge < -0.3 is 9.04 Å². The Hall–Kier alpha value is -0.620. The molecule has 6 heteroatoms. The van der Waals surface area contributed by atoms with Crippen molar-refractivity contribution in [1.82, 2.24) is 0 Å². The first-order chi connectivity index (χ1) is 15.7. The van der Waals surface area contributed by atoms with E-state index in [4.69, 9.17) is 11.6 Å². The lowest BCUT2D eigenvalue weighted by Crippen LogP contribution is -2.44. The van der Waals surface area contributed by atoms with Crippen LogP contribution in [-0.2, 0) is 10.1 Å². The van der Waals surface area contributed by atoms with Crippen LogP contribution in [0.4, 0.5) is 0 Å². The summed E-state index contributed by atoms with van der Waals surface area (Å²) >= 11 is 6.24. The Kier molecular flexibility index (Phi) is 19.3. The van der Waals surface area contributed by atoms with Gasteiger partial charge in [0.15, 0.2) is 6.00 Å². The number of hydrogen-bond acceptors (Lipinski definition) is 3. The molecule has 0 aliphatic heterocycles. The molecular weight excluding hydrogens is 454 g/mol. The van der Waals surface area contributed by atoms with Gasteiger partial charge in [-0.25, -0.2) is 8.42 Å². The predicted molar refractivity (Wildman–Crippen MR) is 142 cm³/mol. The number of alkyl halides is 1. The second-order valence-electron chi connectivity index (χ2n) is 9.70. The van der Waals surface area contributed by atoms with Gasteiger partial charge >= 0.3 is 0 Å². The van der Waals surface area contributed by atoms with Gasteiger partial charge in [0.1, 0.15) is 10.1 Å². The van der Waals surface area contributed by atoms with Crippen LogP contribution in [0.15, 0.2) is 29.2 Å². The highest BCUT2D eigenvalue weighted by Crippen LogP contribution is 2.15. The Morgan fingerprint density at radius 2 is 1.09 bits per heavy atom. The number of rotatable bonds is 18. The summed E-state index contributed by atoms with van der Waals surface area (Å²) in [5, 5.41) is 0. The van der Waals surface area contributed by atoms with Crippen LogP contribution in [0.2, 0.25) is 0 Å². The van der Waals surface area contributed by atoms with Crippen LogP contribution in [0, 0.1) is 6.92 Å². The molecule has 0 bridgehead atoms. The Balaban J connectivity index is 0.000000771. The zero-order valence-electron chi connectivity index (χ0n) is 21.8. The van der Waals surface area contributed by atoms with E-state index in [1.807, 2.05) is 6.92 Å². The molecule has 0 fully saturated rings. The number of aryl methyl sites for hydroxylation is 1. The smallest absolute Gasteiger partial charge is 0.154 e. The third kappa shape index (κ3) is 18.4. The second kappa shape index (κ2) is 19.7. The fourth-order valence-electron chi connectivity index (χ4n) is 3.84. The molecule has 0 amide bonds. The van der Waals surface area contributed by atoms with E-state index >= 15 is 0 Å². The van der Waals surface area contributed by atoms with Crippen molar-refractivity contribution in [2.24, 2.45) is 0 Å². The molecule has 4 nitrogen and oxygen atoms in total. The van der Waals surface area contributed by atoms with Crippen LogP contribution in [0.25, 0.3) is 0 Å². The molecule has 1 aromatic carbocycles. The maximum atomic E-state index is 10.4. The van der Waals surface area contributed by atoms with Gasteiger partial charge in [-0.3, -0.25) is 0 Å². The lowest BCUT2D eigenvalue weighted by Gasteiger charge is -2.32. The van der Waals surface area contributed by atoms with E-state index in [1.165, 1.54) is 115 Å². The van der Waals surface area contributed by atoms with Gasteiger partial charge in [0.2, 0.25) is 0 Å². The highest BCUT2D eigenvalue weighted by molar-refractivity contribution is 7.85. The molecule has 1 aromatic rings. The standard InChI is InChI=1S/C20H43ClN.C7H8O3S/c1-4-6-8-10-12-14-16-18-22(3,20-21)19-17-15-13-11-9-7-5-2;1-6-2-4-7(5-3-6)11(8,9)10/h4-20H2,1-3H3;2-5H,1H3,(H,8,9,10)/q+1;/p-1. The van der Waals surface area contributed by atoms with Crippen molar-refractivity contribution in [1.29, 1.82) is 0 Å². The quantitative estimate of drug-likeness (QED) is 0.0669. The van der Waals surface area contributed by atoms with Crippen molar-refractivity contribution < 1.29 is 17.5 Å². The first-order valence-electron chi connectivity index (χ1n) is 13.1. The summed E-state index contributed by atoms with van der Waals surface area (Å²) in [5.41, 5.74) is 0.928. The third-order valence-electron chi connectivity index (χ3n) is 6.20. The van der Waals surface area contributed by atoms with Crippen LogP contribution in [-0.4, -0.2) is 43.6 Å². The van der Waals surface area contributed by atoms with Gasteiger partial charge in [-0.05, 0) is 44.7 Å². The highest BCUT2D eigenvalue weighted by Gasteiger charge is 2.18. The SMILES string of the molecule is CCCCCCCCC[N+](C)(CCl)CCCCCCCCC.Cc1ccc(S(=O)(=O)[O-])cc1. The van der Waals surface area contributed by atoms with Gasteiger partial charge in [0, 0.05) is 0 Å². The van der Waals surface area contributed by atoms with Gasteiger partial charge in [0.25, 0.3) is 0 Å². The fraction of sp³-hybridized carbons (Fsp3) is 0.778. The minimum Gasteiger partial charge on any atom is -0.744 e. The van der Waals surface area contributed by atoms with E-state index in [0.29, 0.717) is 0 Å². The number of unbranched alkanes of at least 4 members (excludes halogenated alkanes) is 12. The Labute approximate surface area is 210 Å². The van der Waals surface area contributed by atoms with Crippen molar-refractivity contribution in [2.45, 2.75) is 116 Å². The molecule has 0 radical (unpaired) electrons. The fourth-order valence-corrected chi connectivity index (χ4v) is 4.55. The van der Waals surface area contributed by atoms with Gasteiger partial charge in [0.05, 0.1) is 25.0 Å². The third-order valence-corrected chi connectivity index (χ3v) is 7.63. The largest absolute Gasteiger partial charge is 0.744 e. The number of nitrogens with zero attached hydrogens (tertiary/aromatic N) is 1. The van der Waals surface area contributed by atoms with Gasteiger partial charge in [-0.15, -0.1) is 0 Å². The maximum Gasteiger partial charge on any atom is 0.154 e. The van der Waals surface area contributed by atoms with E-state index in [2.05, 4.69) is 20.9 Å². The van der Waals surface area contributed by atoms with Crippen LogP contribution >= 0.6 is 11.6 Å². The molecule has 33 heavy (non-hydrogen) atoms. The first-order valence-corrected chi connectivity index (χ1v) is 15.0. The van der Waals surface area contributed by atoms with Crippen molar-refractivity contribution in [2.75, 3.05) is 26.1 Å². The van der Waals surface area contributed by atoms with E-state index < -0.39 is 10.1 Å². The topological polar surface area (TPSA) is 57.2 Å². The maximum absolute atomic E-state index is 10.4. The summed E-state index contributed by atoms with van der Waals surface area (Å²) in [6.45, 7) is 8.93. The average Bonchev–Trinajstić information content (AvgIpc) is 2.78. The molecule has 0 saturated carbocycles. The van der Waals surface area contributed by atoms with Gasteiger partial charge in [-0.2, -0.15) is 0 Å². The zero-order valence-corrected chi connectivity index (χ0v) is 23.4. The predicted octanol–water partition coefficient (Wildman–Crippen LogP) is 8.03. The Morgan fingerprint density at radius 3 is 1.42 bits per heavy atom. The minimum atomic E-state index is -4.27. The van der Waals surface area contributed by atoms with E-state index in [1.54, 1.807) is 12.1 Å². The molecule has 0 aromatic heterocycles. The molecule has 1 rings (SSSR count). The molecular formula is C27H50ClNO3S. The molecule has 0 saturated heterocycles. The van der Waals surface area contributed by atoms with E-state index in [-0.39, 0.29) is 4.90 Å².